The highest BCUT2D eigenvalue weighted by Crippen LogP contribution is 2.48. The molecule has 0 saturated heterocycles. The average molecular weight is 412 g/mol. The largest absolute Gasteiger partial charge is 0.392 e. The maximum absolute atomic E-state index is 10.6. The van der Waals surface area contributed by atoms with Crippen LogP contribution in [0.15, 0.2) is 48.1 Å². The zero-order chi connectivity index (χ0) is 21.7. The van der Waals surface area contributed by atoms with Crippen LogP contribution in [-0.2, 0) is 6.42 Å². The molecule has 1 aromatic carbocycles. The van der Waals surface area contributed by atoms with Crippen LogP contribution in [0.5, 0.6) is 0 Å². The molecule has 0 aromatic heterocycles. The van der Waals surface area contributed by atoms with E-state index in [0.717, 1.165) is 25.7 Å². The highest BCUT2D eigenvalue weighted by Gasteiger charge is 2.43. The summed E-state index contributed by atoms with van der Waals surface area (Å²) in [5.41, 5.74) is 4.10. The average Bonchev–Trinajstić information content (AvgIpc) is 3.20. The van der Waals surface area contributed by atoms with Crippen molar-refractivity contribution in [3.05, 3.63) is 53.6 Å². The lowest BCUT2D eigenvalue weighted by atomic mass is 9.88. The molecule has 0 aliphatic heterocycles. The van der Waals surface area contributed by atoms with Crippen molar-refractivity contribution in [1.82, 2.24) is 0 Å². The molecule has 2 aliphatic rings. The maximum atomic E-state index is 10.6. The summed E-state index contributed by atoms with van der Waals surface area (Å²) >= 11 is 0. The van der Waals surface area contributed by atoms with Gasteiger partial charge < -0.3 is 15.1 Å². The number of benzene rings is 1. The van der Waals surface area contributed by atoms with Crippen molar-refractivity contribution in [3.8, 4) is 0 Å². The molecule has 1 fully saturated rings. The number of unbranched alkanes of at least 4 members (excludes halogenated alkanes) is 1. The van der Waals surface area contributed by atoms with Crippen molar-refractivity contribution in [2.45, 2.75) is 71.0 Å². The van der Waals surface area contributed by atoms with Gasteiger partial charge in [-0.3, -0.25) is 0 Å². The lowest BCUT2D eigenvalue weighted by Gasteiger charge is -2.20. The Hall–Kier alpha value is -1.58. The zero-order valence-electron chi connectivity index (χ0n) is 19.3. The second kappa shape index (κ2) is 10.6. The van der Waals surface area contributed by atoms with E-state index in [1.807, 2.05) is 6.08 Å². The first-order chi connectivity index (χ1) is 14.4. The first kappa shape index (κ1) is 23.1. The minimum Gasteiger partial charge on any atom is -0.392 e. The summed E-state index contributed by atoms with van der Waals surface area (Å²) in [6.07, 6.45) is 13.2. The number of hydrogen-bond acceptors (Lipinski definition) is 3. The van der Waals surface area contributed by atoms with E-state index in [1.165, 1.54) is 36.1 Å². The van der Waals surface area contributed by atoms with Gasteiger partial charge in [0.1, 0.15) is 0 Å². The number of allylic oxidation sites excluding steroid dienone is 2. The Morgan fingerprint density at radius 1 is 1.27 bits per heavy atom. The van der Waals surface area contributed by atoms with Gasteiger partial charge in [-0.2, -0.15) is 0 Å². The number of anilines is 1. The summed E-state index contributed by atoms with van der Waals surface area (Å²) in [5.74, 6) is 1.66. The Bertz CT molecular complexity index is 738. The molecule has 0 unspecified atom stereocenters. The number of rotatable bonds is 10. The summed E-state index contributed by atoms with van der Waals surface area (Å²) in [6.45, 7) is 4.44. The monoisotopic (exact) mass is 411 g/mol. The van der Waals surface area contributed by atoms with E-state index in [2.05, 4.69) is 69.3 Å². The van der Waals surface area contributed by atoms with Crippen LogP contribution in [-0.4, -0.2) is 36.5 Å². The van der Waals surface area contributed by atoms with E-state index in [-0.39, 0.29) is 12.0 Å². The fraction of sp³-hybridized carbons (Fsp3) is 0.630. The SMILES string of the molecule is CCCC[C@H](C)C[C@H](O)C=C[C@@H]1[C@H]2CC(Cc3cccc(N(C)C)c3)=C[C@H]2C[C@H]1O. The molecule has 3 rings (SSSR count). The molecule has 0 heterocycles. The molecule has 0 amide bonds. The third-order valence-corrected chi connectivity index (χ3v) is 7.06. The van der Waals surface area contributed by atoms with E-state index in [4.69, 9.17) is 0 Å². The summed E-state index contributed by atoms with van der Waals surface area (Å²) in [7, 11) is 4.16. The van der Waals surface area contributed by atoms with Gasteiger partial charge in [0.25, 0.3) is 0 Å². The number of aliphatic hydroxyl groups excluding tert-OH is 2. The fourth-order valence-electron chi connectivity index (χ4n) is 5.36. The molecule has 6 atom stereocenters. The number of aliphatic hydroxyl groups is 2. The Kier molecular flexibility index (Phi) is 8.19. The summed E-state index contributed by atoms with van der Waals surface area (Å²) < 4.78 is 0. The van der Waals surface area contributed by atoms with Crippen LogP contribution in [0.1, 0.15) is 57.9 Å². The van der Waals surface area contributed by atoms with E-state index in [9.17, 15) is 10.2 Å². The van der Waals surface area contributed by atoms with Crippen LogP contribution in [0.25, 0.3) is 0 Å². The maximum Gasteiger partial charge on any atom is 0.0723 e. The molecular weight excluding hydrogens is 370 g/mol. The highest BCUT2D eigenvalue weighted by atomic mass is 16.3. The molecule has 2 N–H and O–H groups in total. The van der Waals surface area contributed by atoms with Crippen LogP contribution in [0.2, 0.25) is 0 Å². The van der Waals surface area contributed by atoms with Gasteiger partial charge in [-0.15, -0.1) is 0 Å². The molecule has 0 bridgehead atoms. The molecular formula is C27H41NO2. The summed E-state index contributed by atoms with van der Waals surface area (Å²) in [6, 6.07) is 8.77. The van der Waals surface area contributed by atoms with Crippen LogP contribution in [0, 0.1) is 23.7 Å². The quantitative estimate of drug-likeness (QED) is 0.509. The minimum atomic E-state index is -0.397. The zero-order valence-corrected chi connectivity index (χ0v) is 19.3. The number of fused-ring (bicyclic) bond motifs is 1. The van der Waals surface area contributed by atoms with Gasteiger partial charge in [-0.25, -0.2) is 0 Å². The molecule has 3 nitrogen and oxygen atoms in total. The van der Waals surface area contributed by atoms with E-state index in [1.54, 1.807) is 0 Å². The van der Waals surface area contributed by atoms with Crippen molar-refractivity contribution in [3.63, 3.8) is 0 Å². The van der Waals surface area contributed by atoms with Crippen LogP contribution < -0.4 is 4.90 Å². The van der Waals surface area contributed by atoms with Crippen molar-refractivity contribution in [2.75, 3.05) is 19.0 Å². The molecule has 30 heavy (non-hydrogen) atoms. The first-order valence-corrected chi connectivity index (χ1v) is 11.9. The van der Waals surface area contributed by atoms with Crippen molar-refractivity contribution >= 4 is 5.69 Å². The number of hydrogen-bond donors (Lipinski definition) is 2. The highest BCUT2D eigenvalue weighted by molar-refractivity contribution is 5.48. The number of nitrogens with zero attached hydrogens (tertiary/aromatic N) is 1. The molecule has 0 spiro atoms. The third kappa shape index (κ3) is 5.98. The summed E-state index contributed by atoms with van der Waals surface area (Å²) in [5, 5.41) is 21.0. The van der Waals surface area contributed by atoms with Crippen molar-refractivity contribution in [2.24, 2.45) is 23.7 Å². The van der Waals surface area contributed by atoms with Crippen LogP contribution >= 0.6 is 0 Å². The Labute approximate surface area is 183 Å². The van der Waals surface area contributed by atoms with Crippen molar-refractivity contribution < 1.29 is 10.2 Å². The molecule has 1 saturated carbocycles. The second-order valence-corrected chi connectivity index (χ2v) is 9.91. The summed E-state index contributed by atoms with van der Waals surface area (Å²) in [4.78, 5) is 2.15. The van der Waals surface area contributed by atoms with Gasteiger partial charge in [0.2, 0.25) is 0 Å². The normalized spacial score (nSPS) is 27.9. The standard InChI is InChI=1S/C27H41NO2/c1-5-6-8-19(2)13-24(29)11-12-25-26-17-21(15-22(26)18-27(25)30)14-20-9-7-10-23(16-20)28(3)4/h7,9-12,15-16,19,22,24-27,29-30H,5-6,8,13-14,17-18H2,1-4H3/t19-,22-,24+,25+,26-,27+/m0/s1. The lowest BCUT2D eigenvalue weighted by Crippen LogP contribution is -2.18. The van der Waals surface area contributed by atoms with Gasteiger partial charge >= 0.3 is 0 Å². The van der Waals surface area contributed by atoms with Gasteiger partial charge in [0.15, 0.2) is 0 Å². The predicted molar refractivity (Wildman–Crippen MR) is 127 cm³/mol. The Balaban J connectivity index is 1.56. The minimum absolute atomic E-state index is 0.164. The fourth-order valence-corrected chi connectivity index (χ4v) is 5.36. The lowest BCUT2D eigenvalue weighted by molar-refractivity contribution is 0.139. The molecule has 2 aliphatic carbocycles. The van der Waals surface area contributed by atoms with E-state index in [0.29, 0.717) is 17.8 Å². The second-order valence-electron chi connectivity index (χ2n) is 9.91. The molecule has 166 valence electrons. The van der Waals surface area contributed by atoms with Crippen LogP contribution in [0.3, 0.4) is 0 Å². The smallest absolute Gasteiger partial charge is 0.0723 e. The first-order valence-electron chi connectivity index (χ1n) is 11.9. The van der Waals surface area contributed by atoms with Crippen LogP contribution in [0.4, 0.5) is 5.69 Å². The predicted octanol–water partition coefficient (Wildman–Crippen LogP) is 5.37. The van der Waals surface area contributed by atoms with E-state index >= 15 is 0 Å². The topological polar surface area (TPSA) is 43.7 Å². The van der Waals surface area contributed by atoms with Crippen molar-refractivity contribution in [1.29, 1.82) is 0 Å². The van der Waals surface area contributed by atoms with E-state index < -0.39 is 6.10 Å². The third-order valence-electron chi connectivity index (χ3n) is 7.06. The van der Waals surface area contributed by atoms with Gasteiger partial charge in [0.05, 0.1) is 12.2 Å². The Morgan fingerprint density at radius 2 is 2.07 bits per heavy atom. The molecule has 0 radical (unpaired) electrons. The van der Waals surface area contributed by atoms with Gasteiger partial charge in [0, 0.05) is 25.7 Å². The Morgan fingerprint density at radius 3 is 2.80 bits per heavy atom. The van der Waals surface area contributed by atoms with Gasteiger partial charge in [-0.1, -0.05) is 69.0 Å². The van der Waals surface area contributed by atoms with Gasteiger partial charge in [-0.05, 0) is 61.1 Å². The molecule has 3 heteroatoms. The molecule has 1 aromatic rings.